The number of methoxy groups -OCH3 is 1. The highest BCUT2D eigenvalue weighted by Gasteiger charge is 2.38. The fourth-order valence-corrected chi connectivity index (χ4v) is 4.98. The summed E-state index contributed by atoms with van der Waals surface area (Å²) < 4.78 is 12.7. The van der Waals surface area contributed by atoms with E-state index in [2.05, 4.69) is 20.9 Å². The van der Waals surface area contributed by atoms with E-state index in [1.54, 1.807) is 7.11 Å². The van der Waals surface area contributed by atoms with Gasteiger partial charge in [-0.2, -0.15) is 0 Å². The smallest absolute Gasteiger partial charge is 0.240 e. The predicted molar refractivity (Wildman–Crippen MR) is 136 cm³/mol. The lowest BCUT2D eigenvalue weighted by Gasteiger charge is -2.33. The molecule has 0 aliphatic carbocycles. The second-order valence-electron chi connectivity index (χ2n) is 7.87. The molecular formula is C26H25N5O3S. The molecule has 1 amide bonds. The zero-order valence-corrected chi connectivity index (χ0v) is 20.2. The number of benzene rings is 3. The number of nitrogens with zero attached hydrogens (tertiary/aromatic N) is 3. The van der Waals surface area contributed by atoms with Gasteiger partial charge in [0.05, 0.1) is 19.8 Å². The molecule has 35 heavy (non-hydrogen) atoms. The summed E-state index contributed by atoms with van der Waals surface area (Å²) in [7, 11) is 1.61. The van der Waals surface area contributed by atoms with E-state index >= 15 is 0 Å². The van der Waals surface area contributed by atoms with Gasteiger partial charge < -0.3 is 20.2 Å². The predicted octanol–water partition coefficient (Wildman–Crippen LogP) is 4.75. The van der Waals surface area contributed by atoms with Gasteiger partial charge in [0.15, 0.2) is 5.82 Å². The Morgan fingerprint density at radius 1 is 1.00 bits per heavy atom. The molecule has 0 unspecified atom stereocenters. The second-order valence-corrected chi connectivity index (χ2v) is 8.98. The first-order chi connectivity index (χ1) is 17.2. The molecular weight excluding hydrogens is 462 g/mol. The Bertz CT molecular complexity index is 1290. The lowest BCUT2D eigenvalue weighted by atomic mass is 10.0. The van der Waals surface area contributed by atoms with Gasteiger partial charge in [-0.3, -0.25) is 4.79 Å². The standard InChI is InChI=1S/C26H25N5O3S/c1-3-34-21-13-9-17(10-14-21)22-23(25(32)27-19-11-15-20(33-2)16-12-19)35-26-29-28-24(31(26)30-22)18-7-5-4-6-8-18/h4-16,22-23,30H,3H2,1-2H3,(H,27,32)/t22-,23-/m0/s1. The van der Waals surface area contributed by atoms with Crippen molar-refractivity contribution in [3.05, 3.63) is 84.4 Å². The molecule has 2 heterocycles. The van der Waals surface area contributed by atoms with Gasteiger partial charge in [-0.15, -0.1) is 10.2 Å². The van der Waals surface area contributed by atoms with Crippen LogP contribution in [0.15, 0.2) is 84.0 Å². The van der Waals surface area contributed by atoms with Gasteiger partial charge >= 0.3 is 0 Å². The first kappa shape index (κ1) is 22.8. The third kappa shape index (κ3) is 4.81. The molecule has 0 spiro atoms. The van der Waals surface area contributed by atoms with Crippen molar-refractivity contribution in [1.29, 1.82) is 0 Å². The number of thioether (sulfide) groups is 1. The van der Waals surface area contributed by atoms with Crippen molar-refractivity contribution in [3.63, 3.8) is 0 Å². The molecule has 1 aromatic heterocycles. The van der Waals surface area contributed by atoms with Crippen LogP contribution in [0, 0.1) is 0 Å². The molecule has 4 aromatic rings. The SMILES string of the molecule is CCOc1ccc([C@@H]2Nn3c(nnc3-c3ccccc3)S[C@@H]2C(=O)Nc2ccc(OC)cc2)cc1. The van der Waals surface area contributed by atoms with Crippen molar-refractivity contribution in [3.8, 4) is 22.9 Å². The van der Waals surface area contributed by atoms with Crippen molar-refractivity contribution < 1.29 is 14.3 Å². The molecule has 1 aliphatic rings. The quantitative estimate of drug-likeness (QED) is 0.389. The first-order valence-electron chi connectivity index (χ1n) is 11.3. The summed E-state index contributed by atoms with van der Waals surface area (Å²) in [5.74, 6) is 2.07. The van der Waals surface area contributed by atoms with Crippen LogP contribution in [0.1, 0.15) is 18.5 Å². The molecule has 0 saturated heterocycles. The van der Waals surface area contributed by atoms with Crippen LogP contribution in [0.3, 0.4) is 0 Å². The van der Waals surface area contributed by atoms with Gasteiger partial charge in [-0.05, 0) is 48.9 Å². The molecule has 8 nitrogen and oxygen atoms in total. The lowest BCUT2D eigenvalue weighted by molar-refractivity contribution is -0.116. The van der Waals surface area contributed by atoms with E-state index in [-0.39, 0.29) is 11.9 Å². The Hall–Kier alpha value is -3.98. The third-order valence-corrected chi connectivity index (χ3v) is 6.85. The number of rotatable bonds is 7. The monoisotopic (exact) mass is 487 g/mol. The van der Waals surface area contributed by atoms with E-state index in [1.807, 2.05) is 90.5 Å². The summed E-state index contributed by atoms with van der Waals surface area (Å²) in [6.45, 7) is 2.54. The minimum Gasteiger partial charge on any atom is -0.497 e. The van der Waals surface area contributed by atoms with E-state index in [0.717, 1.165) is 22.6 Å². The maximum absolute atomic E-state index is 13.5. The van der Waals surface area contributed by atoms with Crippen molar-refractivity contribution in [2.24, 2.45) is 0 Å². The second kappa shape index (κ2) is 10.1. The van der Waals surface area contributed by atoms with Crippen molar-refractivity contribution in [2.45, 2.75) is 23.4 Å². The highest BCUT2D eigenvalue weighted by molar-refractivity contribution is 8.00. The number of carbonyl (C=O) groups is 1. The van der Waals surface area contributed by atoms with Crippen LogP contribution < -0.4 is 20.2 Å². The molecule has 2 N–H and O–H groups in total. The molecule has 0 radical (unpaired) electrons. The summed E-state index contributed by atoms with van der Waals surface area (Å²) >= 11 is 1.38. The van der Waals surface area contributed by atoms with Gasteiger partial charge in [0.25, 0.3) is 0 Å². The van der Waals surface area contributed by atoms with Gasteiger partial charge in [0.2, 0.25) is 11.1 Å². The zero-order valence-electron chi connectivity index (χ0n) is 19.3. The summed E-state index contributed by atoms with van der Waals surface area (Å²) in [5, 5.41) is 11.9. The number of hydrogen-bond acceptors (Lipinski definition) is 7. The van der Waals surface area contributed by atoms with E-state index in [4.69, 9.17) is 9.47 Å². The number of nitrogens with one attached hydrogen (secondary N) is 2. The largest absolute Gasteiger partial charge is 0.497 e. The van der Waals surface area contributed by atoms with Crippen LogP contribution in [0.4, 0.5) is 5.69 Å². The van der Waals surface area contributed by atoms with Crippen molar-refractivity contribution >= 4 is 23.4 Å². The number of anilines is 1. The van der Waals surface area contributed by atoms with Crippen LogP contribution in [-0.4, -0.2) is 39.7 Å². The van der Waals surface area contributed by atoms with Gasteiger partial charge in [-0.25, -0.2) is 4.68 Å². The van der Waals surface area contributed by atoms with Crippen LogP contribution in [-0.2, 0) is 4.79 Å². The average Bonchev–Trinajstić information content (AvgIpc) is 3.32. The van der Waals surface area contributed by atoms with Crippen molar-refractivity contribution in [2.75, 3.05) is 24.5 Å². The lowest BCUT2D eigenvalue weighted by Crippen LogP contribution is -2.41. The van der Waals surface area contributed by atoms with E-state index in [0.29, 0.717) is 23.3 Å². The number of hydrogen-bond donors (Lipinski definition) is 2. The van der Waals surface area contributed by atoms with E-state index in [9.17, 15) is 4.79 Å². The van der Waals surface area contributed by atoms with E-state index < -0.39 is 5.25 Å². The Morgan fingerprint density at radius 2 is 1.71 bits per heavy atom. The fourth-order valence-electron chi connectivity index (χ4n) is 3.91. The Balaban J connectivity index is 1.47. The van der Waals surface area contributed by atoms with Crippen LogP contribution in [0.5, 0.6) is 11.5 Å². The normalized spacial score (nSPS) is 16.6. The molecule has 5 rings (SSSR count). The number of carbonyl (C=O) groups excluding carboxylic acids is 1. The number of fused-ring (bicyclic) bond motifs is 1. The third-order valence-electron chi connectivity index (χ3n) is 5.63. The van der Waals surface area contributed by atoms with Crippen molar-refractivity contribution in [1.82, 2.24) is 14.9 Å². The first-order valence-corrected chi connectivity index (χ1v) is 12.2. The number of aromatic nitrogens is 3. The molecule has 178 valence electrons. The highest BCUT2D eigenvalue weighted by atomic mass is 32.2. The maximum atomic E-state index is 13.5. The van der Waals surface area contributed by atoms with Crippen LogP contribution in [0.25, 0.3) is 11.4 Å². The zero-order chi connectivity index (χ0) is 24.2. The Morgan fingerprint density at radius 3 is 2.40 bits per heavy atom. The molecule has 9 heteroatoms. The molecule has 3 aromatic carbocycles. The molecule has 0 fully saturated rings. The maximum Gasteiger partial charge on any atom is 0.240 e. The number of ether oxygens (including phenoxy) is 2. The van der Waals surface area contributed by atoms with Gasteiger partial charge in [0.1, 0.15) is 16.7 Å². The van der Waals surface area contributed by atoms with Crippen LogP contribution in [0.2, 0.25) is 0 Å². The summed E-state index contributed by atoms with van der Waals surface area (Å²) in [4.78, 5) is 13.5. The summed E-state index contributed by atoms with van der Waals surface area (Å²) in [6, 6.07) is 24.6. The highest BCUT2D eigenvalue weighted by Crippen LogP contribution is 2.39. The van der Waals surface area contributed by atoms with Gasteiger partial charge in [-0.1, -0.05) is 54.2 Å². The number of amides is 1. The minimum atomic E-state index is -0.490. The molecule has 0 saturated carbocycles. The topological polar surface area (TPSA) is 90.3 Å². The molecule has 2 atom stereocenters. The molecule has 1 aliphatic heterocycles. The molecule has 0 bridgehead atoms. The summed E-state index contributed by atoms with van der Waals surface area (Å²) in [5.41, 5.74) is 6.08. The Labute approximate surface area is 207 Å². The van der Waals surface area contributed by atoms with E-state index in [1.165, 1.54) is 11.8 Å². The fraction of sp³-hybridized carbons (Fsp3) is 0.192. The van der Waals surface area contributed by atoms with Gasteiger partial charge in [0, 0.05) is 11.3 Å². The Kier molecular flexibility index (Phi) is 6.58. The minimum absolute atomic E-state index is 0.137. The average molecular weight is 488 g/mol. The summed E-state index contributed by atoms with van der Waals surface area (Å²) in [6.07, 6.45) is 0. The van der Waals surface area contributed by atoms with Crippen LogP contribution >= 0.6 is 11.8 Å².